The average molecular weight is 424 g/mol. The Morgan fingerprint density at radius 1 is 1.10 bits per heavy atom. The number of benzene rings is 1. The van der Waals surface area contributed by atoms with Crippen molar-refractivity contribution in [2.45, 2.75) is 44.6 Å². The van der Waals surface area contributed by atoms with Gasteiger partial charge in [0.15, 0.2) is 0 Å². The number of carbonyl (C=O) groups excluding carboxylic acids is 2. The molecule has 1 atom stereocenters. The molecule has 0 radical (unpaired) electrons. The number of carbonyl (C=O) groups is 2. The number of hydrogen-bond donors (Lipinski definition) is 1. The van der Waals surface area contributed by atoms with Crippen molar-refractivity contribution in [2.75, 3.05) is 39.8 Å². The molecule has 4 rings (SSSR count). The van der Waals surface area contributed by atoms with Gasteiger partial charge >= 0.3 is 0 Å². The Morgan fingerprint density at radius 3 is 2.65 bits per heavy atom. The maximum absolute atomic E-state index is 13.1. The smallest absolute Gasteiger partial charge is 0.257 e. The lowest BCUT2D eigenvalue weighted by molar-refractivity contribution is -0.133. The third-order valence-corrected chi connectivity index (χ3v) is 6.50. The predicted octanol–water partition coefficient (Wildman–Crippen LogP) is 2.87. The molecule has 2 aromatic rings. The van der Waals surface area contributed by atoms with Crippen LogP contribution in [0.4, 0.5) is 0 Å². The first-order valence-corrected chi connectivity index (χ1v) is 11.4. The second kappa shape index (κ2) is 10.1. The summed E-state index contributed by atoms with van der Waals surface area (Å²) in [6, 6.07) is 9.98. The topological polar surface area (TPSA) is 72.5 Å². The van der Waals surface area contributed by atoms with E-state index in [4.69, 9.17) is 0 Å². The molecule has 0 aliphatic carbocycles. The molecule has 1 unspecified atom stereocenters. The van der Waals surface area contributed by atoms with Gasteiger partial charge in [0.25, 0.3) is 5.91 Å². The highest BCUT2D eigenvalue weighted by atomic mass is 16.2. The SMILES string of the molecule is CN(Cc1ccccc1)C(=O)c1cn[nH]c1C1CCCN(C(=O)CN2CCCCC2)C1. The predicted molar refractivity (Wildman–Crippen MR) is 120 cm³/mol. The number of aromatic amines is 1. The molecule has 0 spiro atoms. The van der Waals surface area contributed by atoms with Crippen LogP contribution in [-0.2, 0) is 11.3 Å². The number of nitrogens with zero attached hydrogens (tertiary/aromatic N) is 4. The fraction of sp³-hybridized carbons (Fsp3) is 0.542. The number of H-pyrrole nitrogens is 1. The molecule has 1 aromatic carbocycles. The molecule has 2 amide bonds. The van der Waals surface area contributed by atoms with Crippen LogP contribution in [0, 0.1) is 0 Å². The Labute approximate surface area is 184 Å². The van der Waals surface area contributed by atoms with Crippen LogP contribution in [-0.4, -0.2) is 76.5 Å². The van der Waals surface area contributed by atoms with Gasteiger partial charge in [0.05, 0.1) is 24.0 Å². The number of amides is 2. The lowest BCUT2D eigenvalue weighted by Crippen LogP contribution is -2.46. The lowest BCUT2D eigenvalue weighted by atomic mass is 9.92. The molecule has 0 bridgehead atoms. The highest BCUT2D eigenvalue weighted by molar-refractivity contribution is 5.95. The third kappa shape index (κ3) is 5.34. The number of hydrogen-bond acceptors (Lipinski definition) is 4. The Hall–Kier alpha value is -2.67. The molecule has 1 N–H and O–H groups in total. The molecule has 7 nitrogen and oxygen atoms in total. The van der Waals surface area contributed by atoms with Crippen LogP contribution in [0.1, 0.15) is 59.6 Å². The summed E-state index contributed by atoms with van der Waals surface area (Å²) in [6.45, 7) is 4.56. The Balaban J connectivity index is 1.40. The summed E-state index contributed by atoms with van der Waals surface area (Å²) in [7, 11) is 1.82. The minimum atomic E-state index is -0.0376. The summed E-state index contributed by atoms with van der Waals surface area (Å²) < 4.78 is 0. The number of nitrogens with one attached hydrogen (secondary N) is 1. The minimum absolute atomic E-state index is 0.0376. The Morgan fingerprint density at radius 2 is 1.87 bits per heavy atom. The Kier molecular flexibility index (Phi) is 7.02. The van der Waals surface area contributed by atoms with Crippen LogP contribution in [0.5, 0.6) is 0 Å². The number of piperidine rings is 2. The number of rotatable bonds is 6. The lowest BCUT2D eigenvalue weighted by Gasteiger charge is -2.35. The maximum atomic E-state index is 13.1. The molecular weight excluding hydrogens is 390 g/mol. The van der Waals surface area contributed by atoms with Gasteiger partial charge in [0.1, 0.15) is 0 Å². The van der Waals surface area contributed by atoms with E-state index in [9.17, 15) is 9.59 Å². The molecule has 1 aromatic heterocycles. The molecule has 2 aliphatic heterocycles. The van der Waals surface area contributed by atoms with E-state index in [1.165, 1.54) is 19.3 Å². The molecular formula is C24H33N5O2. The van der Waals surface area contributed by atoms with E-state index in [2.05, 4.69) is 15.1 Å². The van der Waals surface area contributed by atoms with Crippen molar-refractivity contribution in [3.8, 4) is 0 Å². The first-order valence-electron chi connectivity index (χ1n) is 11.4. The van der Waals surface area contributed by atoms with Crippen LogP contribution >= 0.6 is 0 Å². The van der Waals surface area contributed by atoms with Crippen molar-refractivity contribution in [3.63, 3.8) is 0 Å². The summed E-state index contributed by atoms with van der Waals surface area (Å²) in [5.41, 5.74) is 2.57. The standard InChI is InChI=1S/C24H33N5O2/c1-27(16-19-9-4-2-5-10-19)24(31)21-15-25-26-23(21)20-11-8-14-29(17-20)22(30)18-28-12-6-3-7-13-28/h2,4-5,9-10,15,20H,3,6-8,11-14,16-18H2,1H3,(H,25,26). The zero-order valence-corrected chi connectivity index (χ0v) is 18.4. The van der Waals surface area contributed by atoms with Gasteiger partial charge in [-0.3, -0.25) is 19.6 Å². The van der Waals surface area contributed by atoms with E-state index in [0.29, 0.717) is 25.2 Å². The van der Waals surface area contributed by atoms with E-state index in [1.54, 1.807) is 11.1 Å². The van der Waals surface area contributed by atoms with Crippen molar-refractivity contribution < 1.29 is 9.59 Å². The zero-order chi connectivity index (χ0) is 21.6. The van der Waals surface area contributed by atoms with Crippen LogP contribution < -0.4 is 0 Å². The summed E-state index contributed by atoms with van der Waals surface area (Å²) >= 11 is 0. The maximum Gasteiger partial charge on any atom is 0.257 e. The first kappa shape index (κ1) is 21.6. The van der Waals surface area contributed by atoms with E-state index < -0.39 is 0 Å². The molecule has 0 saturated carbocycles. The fourth-order valence-electron chi connectivity index (χ4n) is 4.76. The van der Waals surface area contributed by atoms with Crippen molar-refractivity contribution in [2.24, 2.45) is 0 Å². The largest absolute Gasteiger partial charge is 0.341 e. The molecule has 3 heterocycles. The first-order chi connectivity index (χ1) is 15.1. The molecule has 31 heavy (non-hydrogen) atoms. The van der Waals surface area contributed by atoms with Crippen LogP contribution in [0.15, 0.2) is 36.5 Å². The van der Waals surface area contributed by atoms with Crippen LogP contribution in [0.25, 0.3) is 0 Å². The molecule has 7 heteroatoms. The van der Waals surface area contributed by atoms with Gasteiger partial charge in [-0.1, -0.05) is 36.8 Å². The highest BCUT2D eigenvalue weighted by Gasteiger charge is 2.30. The average Bonchev–Trinajstić information content (AvgIpc) is 3.30. The molecule has 2 fully saturated rings. The second-order valence-corrected chi connectivity index (χ2v) is 8.86. The fourth-order valence-corrected chi connectivity index (χ4v) is 4.76. The van der Waals surface area contributed by atoms with Gasteiger partial charge in [0, 0.05) is 32.6 Å². The van der Waals surface area contributed by atoms with E-state index >= 15 is 0 Å². The van der Waals surface area contributed by atoms with E-state index in [1.807, 2.05) is 42.3 Å². The van der Waals surface area contributed by atoms with Gasteiger partial charge < -0.3 is 9.80 Å². The van der Waals surface area contributed by atoms with Gasteiger partial charge in [-0.15, -0.1) is 0 Å². The monoisotopic (exact) mass is 423 g/mol. The number of likely N-dealkylation sites (tertiary alicyclic amines) is 2. The van der Waals surface area contributed by atoms with Crippen molar-refractivity contribution >= 4 is 11.8 Å². The van der Waals surface area contributed by atoms with Gasteiger partial charge in [-0.2, -0.15) is 5.10 Å². The normalized spacial score (nSPS) is 19.9. The zero-order valence-electron chi connectivity index (χ0n) is 18.4. The highest BCUT2D eigenvalue weighted by Crippen LogP contribution is 2.29. The van der Waals surface area contributed by atoms with Crippen molar-refractivity contribution in [1.82, 2.24) is 24.9 Å². The van der Waals surface area contributed by atoms with Crippen molar-refractivity contribution in [1.29, 1.82) is 0 Å². The molecule has 2 saturated heterocycles. The summed E-state index contributed by atoms with van der Waals surface area (Å²) in [4.78, 5) is 32.0. The number of aromatic nitrogens is 2. The van der Waals surface area contributed by atoms with Crippen molar-refractivity contribution in [3.05, 3.63) is 53.3 Å². The summed E-state index contributed by atoms with van der Waals surface area (Å²) in [5, 5.41) is 7.26. The summed E-state index contributed by atoms with van der Waals surface area (Å²) in [6.07, 6.45) is 7.18. The summed E-state index contributed by atoms with van der Waals surface area (Å²) in [5.74, 6) is 0.287. The molecule has 166 valence electrons. The van der Waals surface area contributed by atoms with Gasteiger partial charge in [-0.05, 0) is 44.3 Å². The quantitative estimate of drug-likeness (QED) is 0.776. The van der Waals surface area contributed by atoms with Gasteiger partial charge in [-0.25, -0.2) is 0 Å². The minimum Gasteiger partial charge on any atom is -0.341 e. The third-order valence-electron chi connectivity index (χ3n) is 6.50. The van der Waals surface area contributed by atoms with E-state index in [-0.39, 0.29) is 17.7 Å². The Bertz CT molecular complexity index is 875. The van der Waals surface area contributed by atoms with Crippen LogP contribution in [0.3, 0.4) is 0 Å². The van der Waals surface area contributed by atoms with E-state index in [0.717, 1.165) is 43.7 Å². The molecule has 2 aliphatic rings. The second-order valence-electron chi connectivity index (χ2n) is 8.86. The van der Waals surface area contributed by atoms with Gasteiger partial charge in [0.2, 0.25) is 5.91 Å². The van der Waals surface area contributed by atoms with Crippen LogP contribution in [0.2, 0.25) is 0 Å².